The number of rotatable bonds is 7. The Hall–Kier alpha value is -1.14. The molecule has 6 heteroatoms. The van der Waals surface area contributed by atoms with Crippen molar-refractivity contribution in [2.45, 2.75) is 19.3 Å². The van der Waals surface area contributed by atoms with Gasteiger partial charge in [0.15, 0.2) is 0 Å². The topological polar surface area (TPSA) is 72.9 Å². The quantitative estimate of drug-likeness (QED) is 0.649. The molecule has 0 radical (unpaired) electrons. The highest BCUT2D eigenvalue weighted by Gasteiger charge is 2.16. The highest BCUT2D eigenvalue weighted by atomic mass is 16.4. The van der Waals surface area contributed by atoms with E-state index in [4.69, 9.17) is 5.11 Å². The normalized spacial score (nSPS) is 17.6. The van der Waals surface area contributed by atoms with Crippen LogP contribution in [0.1, 0.15) is 19.3 Å². The Morgan fingerprint density at radius 2 is 1.61 bits per heavy atom. The molecular formula is C12H23N3O3. The first kappa shape index (κ1) is 14.9. The Labute approximate surface area is 108 Å². The number of hydrogen-bond donors (Lipinski definition) is 2. The van der Waals surface area contributed by atoms with E-state index >= 15 is 0 Å². The van der Waals surface area contributed by atoms with Gasteiger partial charge in [0.05, 0.1) is 6.42 Å². The minimum Gasteiger partial charge on any atom is -0.481 e. The van der Waals surface area contributed by atoms with E-state index in [0.717, 1.165) is 39.1 Å². The number of carboxylic acid groups (broad SMARTS) is 1. The monoisotopic (exact) mass is 257 g/mol. The molecule has 0 saturated carbocycles. The molecule has 1 rings (SSSR count). The second kappa shape index (κ2) is 8.05. The van der Waals surface area contributed by atoms with E-state index in [9.17, 15) is 9.59 Å². The molecule has 104 valence electrons. The SMILES string of the molecule is CNC(=O)CCCN1CCN(CCC(=O)O)CC1. The highest BCUT2D eigenvalue weighted by molar-refractivity contribution is 5.75. The van der Waals surface area contributed by atoms with E-state index in [2.05, 4.69) is 15.1 Å². The maximum atomic E-state index is 11.1. The third kappa shape index (κ3) is 5.97. The Bertz CT molecular complexity index is 276. The van der Waals surface area contributed by atoms with E-state index in [1.54, 1.807) is 7.05 Å². The molecule has 6 nitrogen and oxygen atoms in total. The van der Waals surface area contributed by atoms with Gasteiger partial charge in [-0.05, 0) is 13.0 Å². The van der Waals surface area contributed by atoms with Crippen molar-refractivity contribution in [1.82, 2.24) is 15.1 Å². The molecule has 0 bridgehead atoms. The van der Waals surface area contributed by atoms with Gasteiger partial charge in [-0.25, -0.2) is 0 Å². The van der Waals surface area contributed by atoms with Crippen LogP contribution in [0.15, 0.2) is 0 Å². The fourth-order valence-electron chi connectivity index (χ4n) is 2.08. The second-order valence-corrected chi connectivity index (χ2v) is 4.60. The third-order valence-electron chi connectivity index (χ3n) is 3.26. The van der Waals surface area contributed by atoms with Crippen molar-refractivity contribution < 1.29 is 14.7 Å². The fourth-order valence-corrected chi connectivity index (χ4v) is 2.08. The standard InChI is InChI=1S/C12H23N3O3/c1-13-11(16)3-2-5-14-7-9-15(10-8-14)6-4-12(17)18/h2-10H2,1H3,(H,13,16)(H,17,18). The zero-order valence-electron chi connectivity index (χ0n) is 11.0. The maximum Gasteiger partial charge on any atom is 0.304 e. The van der Waals surface area contributed by atoms with Crippen LogP contribution in [-0.4, -0.2) is 73.1 Å². The summed E-state index contributed by atoms with van der Waals surface area (Å²) in [6, 6.07) is 0. The van der Waals surface area contributed by atoms with Gasteiger partial charge in [0.1, 0.15) is 0 Å². The van der Waals surface area contributed by atoms with Gasteiger partial charge in [-0.3, -0.25) is 9.59 Å². The van der Waals surface area contributed by atoms with Crippen LogP contribution in [0.2, 0.25) is 0 Å². The average molecular weight is 257 g/mol. The van der Waals surface area contributed by atoms with E-state index in [0.29, 0.717) is 13.0 Å². The predicted octanol–water partition coefficient (Wildman–Crippen LogP) is -0.395. The maximum absolute atomic E-state index is 11.1. The van der Waals surface area contributed by atoms with Gasteiger partial charge in [0.2, 0.25) is 5.91 Å². The molecule has 1 aliphatic rings. The molecule has 18 heavy (non-hydrogen) atoms. The van der Waals surface area contributed by atoms with Crippen LogP contribution in [0.5, 0.6) is 0 Å². The summed E-state index contributed by atoms with van der Waals surface area (Å²) in [6.45, 7) is 5.36. The molecule has 2 N–H and O–H groups in total. The molecular weight excluding hydrogens is 234 g/mol. The second-order valence-electron chi connectivity index (χ2n) is 4.60. The molecule has 0 spiro atoms. The number of hydrogen-bond acceptors (Lipinski definition) is 4. The first-order valence-electron chi connectivity index (χ1n) is 6.49. The van der Waals surface area contributed by atoms with Gasteiger partial charge >= 0.3 is 5.97 Å². The molecule has 0 atom stereocenters. The number of carboxylic acids is 1. The smallest absolute Gasteiger partial charge is 0.304 e. The highest BCUT2D eigenvalue weighted by Crippen LogP contribution is 2.04. The van der Waals surface area contributed by atoms with E-state index in [1.165, 1.54) is 0 Å². The van der Waals surface area contributed by atoms with Crippen LogP contribution >= 0.6 is 0 Å². The summed E-state index contributed by atoms with van der Waals surface area (Å²) in [5, 5.41) is 11.2. The van der Waals surface area contributed by atoms with E-state index < -0.39 is 5.97 Å². The summed E-state index contributed by atoms with van der Waals surface area (Å²) in [5.41, 5.74) is 0. The molecule has 1 aliphatic heterocycles. The van der Waals surface area contributed by atoms with Crippen LogP contribution < -0.4 is 5.32 Å². The Morgan fingerprint density at radius 1 is 1.06 bits per heavy atom. The first-order chi connectivity index (χ1) is 8.61. The van der Waals surface area contributed by atoms with Crippen molar-refractivity contribution in [2.24, 2.45) is 0 Å². The molecule has 1 saturated heterocycles. The van der Waals surface area contributed by atoms with Crippen LogP contribution in [0.4, 0.5) is 0 Å². The Morgan fingerprint density at radius 3 is 2.11 bits per heavy atom. The van der Waals surface area contributed by atoms with Gasteiger partial charge in [-0.2, -0.15) is 0 Å². The minimum absolute atomic E-state index is 0.0927. The lowest BCUT2D eigenvalue weighted by Crippen LogP contribution is -2.47. The minimum atomic E-state index is -0.733. The lowest BCUT2D eigenvalue weighted by Gasteiger charge is -2.34. The fraction of sp³-hybridized carbons (Fsp3) is 0.833. The van der Waals surface area contributed by atoms with Crippen molar-refractivity contribution in [3.63, 3.8) is 0 Å². The summed E-state index contributed by atoms with van der Waals surface area (Å²) in [4.78, 5) is 26.0. The number of nitrogens with zero attached hydrogens (tertiary/aromatic N) is 2. The van der Waals surface area contributed by atoms with E-state index in [-0.39, 0.29) is 12.3 Å². The molecule has 1 heterocycles. The number of piperazine rings is 1. The van der Waals surface area contributed by atoms with Gasteiger partial charge in [0.25, 0.3) is 0 Å². The Kier molecular flexibility index (Phi) is 6.67. The predicted molar refractivity (Wildman–Crippen MR) is 68.4 cm³/mol. The van der Waals surface area contributed by atoms with Gasteiger partial charge < -0.3 is 20.2 Å². The molecule has 0 aromatic carbocycles. The van der Waals surface area contributed by atoms with Crippen molar-refractivity contribution >= 4 is 11.9 Å². The molecule has 0 aromatic rings. The summed E-state index contributed by atoms with van der Waals surface area (Å²) >= 11 is 0. The molecule has 1 amide bonds. The van der Waals surface area contributed by atoms with E-state index in [1.807, 2.05) is 0 Å². The zero-order valence-corrected chi connectivity index (χ0v) is 11.0. The molecule has 0 unspecified atom stereocenters. The lowest BCUT2D eigenvalue weighted by atomic mass is 10.2. The van der Waals surface area contributed by atoms with Gasteiger partial charge in [-0.15, -0.1) is 0 Å². The largest absolute Gasteiger partial charge is 0.481 e. The molecule has 0 aromatic heterocycles. The number of carbonyl (C=O) groups is 2. The van der Waals surface area contributed by atoms with Gasteiger partial charge in [-0.1, -0.05) is 0 Å². The number of nitrogens with one attached hydrogen (secondary N) is 1. The van der Waals surface area contributed by atoms with Crippen molar-refractivity contribution in [1.29, 1.82) is 0 Å². The zero-order chi connectivity index (χ0) is 13.4. The van der Waals surface area contributed by atoms with Crippen LogP contribution in [-0.2, 0) is 9.59 Å². The van der Waals surface area contributed by atoms with Crippen LogP contribution in [0.25, 0.3) is 0 Å². The van der Waals surface area contributed by atoms with Crippen molar-refractivity contribution in [3.8, 4) is 0 Å². The van der Waals surface area contributed by atoms with Crippen LogP contribution in [0, 0.1) is 0 Å². The lowest BCUT2D eigenvalue weighted by molar-refractivity contribution is -0.137. The van der Waals surface area contributed by atoms with Crippen molar-refractivity contribution in [2.75, 3.05) is 46.3 Å². The number of carbonyl (C=O) groups excluding carboxylic acids is 1. The Balaban J connectivity index is 2.08. The van der Waals surface area contributed by atoms with Gasteiger partial charge in [0, 0.05) is 46.2 Å². The molecule has 0 aliphatic carbocycles. The summed E-state index contributed by atoms with van der Waals surface area (Å²) in [6.07, 6.45) is 1.68. The number of amides is 1. The molecule has 1 fully saturated rings. The summed E-state index contributed by atoms with van der Waals surface area (Å²) in [5.74, 6) is -0.641. The first-order valence-corrected chi connectivity index (χ1v) is 6.49. The van der Waals surface area contributed by atoms with Crippen molar-refractivity contribution in [3.05, 3.63) is 0 Å². The third-order valence-corrected chi connectivity index (χ3v) is 3.26. The van der Waals surface area contributed by atoms with Crippen LogP contribution in [0.3, 0.4) is 0 Å². The number of aliphatic carboxylic acids is 1. The average Bonchev–Trinajstić information content (AvgIpc) is 2.37. The summed E-state index contributed by atoms with van der Waals surface area (Å²) < 4.78 is 0. The summed E-state index contributed by atoms with van der Waals surface area (Å²) in [7, 11) is 1.66.